The van der Waals surface area contributed by atoms with Crippen LogP contribution in [0, 0.1) is 6.92 Å². The normalized spacial score (nSPS) is 11.1. The van der Waals surface area contributed by atoms with Gasteiger partial charge in [-0.15, -0.1) is 0 Å². The van der Waals surface area contributed by atoms with E-state index in [1.165, 1.54) is 5.56 Å². The number of fused-ring (bicyclic) bond motifs is 1. The molecule has 1 aromatic heterocycles. The average molecular weight is 493 g/mol. The molecule has 0 unspecified atom stereocenters. The smallest absolute Gasteiger partial charge is 0.352 e. The molecule has 0 saturated carbocycles. The van der Waals surface area contributed by atoms with Crippen molar-refractivity contribution in [1.82, 2.24) is 9.88 Å². The van der Waals surface area contributed by atoms with Gasteiger partial charge in [-0.25, -0.2) is 4.79 Å². The summed E-state index contributed by atoms with van der Waals surface area (Å²) in [6, 6.07) is 21.9. The van der Waals surface area contributed by atoms with Crippen LogP contribution < -0.4 is 10.1 Å². The largest absolute Gasteiger partial charge is 0.497 e. The second-order valence-corrected chi connectivity index (χ2v) is 8.64. The van der Waals surface area contributed by atoms with Gasteiger partial charge < -0.3 is 19.7 Å². The highest BCUT2D eigenvalue weighted by Crippen LogP contribution is 2.31. The van der Waals surface area contributed by atoms with Gasteiger partial charge >= 0.3 is 5.97 Å². The van der Waals surface area contributed by atoms with Crippen LogP contribution >= 0.6 is 15.9 Å². The van der Waals surface area contributed by atoms with E-state index in [2.05, 4.69) is 21.2 Å². The fraction of sp³-hybridized carbons (Fsp3) is 0.192. The first-order valence-electron chi connectivity index (χ1n) is 10.4. The lowest BCUT2D eigenvalue weighted by molar-refractivity contribution is 0.0684. The second kappa shape index (κ2) is 9.59. The molecule has 3 aromatic carbocycles. The predicted octanol–water partition coefficient (Wildman–Crippen LogP) is 5.76. The molecule has 32 heavy (non-hydrogen) atoms. The van der Waals surface area contributed by atoms with E-state index in [-0.39, 0.29) is 0 Å². The summed E-state index contributed by atoms with van der Waals surface area (Å²) in [5.74, 6) is -0.241. The van der Waals surface area contributed by atoms with Crippen LogP contribution in [0.4, 0.5) is 0 Å². The summed E-state index contributed by atoms with van der Waals surface area (Å²) in [5.41, 5.74) is 5.26. The van der Waals surface area contributed by atoms with E-state index >= 15 is 0 Å². The number of aromatic carboxylic acids is 1. The van der Waals surface area contributed by atoms with E-state index in [0.717, 1.165) is 32.1 Å². The van der Waals surface area contributed by atoms with Crippen LogP contribution in [0.1, 0.15) is 32.7 Å². The van der Waals surface area contributed by atoms with Gasteiger partial charge in [0.15, 0.2) is 0 Å². The van der Waals surface area contributed by atoms with Gasteiger partial charge in [0.05, 0.1) is 12.6 Å². The van der Waals surface area contributed by atoms with Crippen molar-refractivity contribution in [3.63, 3.8) is 0 Å². The molecule has 0 spiro atoms. The molecule has 4 rings (SSSR count). The first kappa shape index (κ1) is 22.1. The number of hydrogen-bond donors (Lipinski definition) is 2. The number of benzene rings is 3. The van der Waals surface area contributed by atoms with Crippen LogP contribution in [-0.2, 0) is 19.6 Å². The van der Waals surface area contributed by atoms with Crippen molar-refractivity contribution in [2.45, 2.75) is 26.6 Å². The van der Waals surface area contributed by atoms with Crippen molar-refractivity contribution in [3.05, 3.63) is 99.2 Å². The maximum atomic E-state index is 12.4. The number of carboxylic acids is 1. The molecule has 0 atom stereocenters. The van der Waals surface area contributed by atoms with Gasteiger partial charge in [-0.1, -0.05) is 64.0 Å². The van der Waals surface area contributed by atoms with Gasteiger partial charge in [0, 0.05) is 41.1 Å². The summed E-state index contributed by atoms with van der Waals surface area (Å²) < 4.78 is 8.32. The van der Waals surface area contributed by atoms with E-state index in [1.807, 2.05) is 78.2 Å². The summed E-state index contributed by atoms with van der Waals surface area (Å²) in [7, 11) is 1.62. The van der Waals surface area contributed by atoms with E-state index < -0.39 is 5.97 Å². The second-order valence-electron chi connectivity index (χ2n) is 7.78. The number of nitrogens with one attached hydrogen (secondary N) is 1. The number of carboxylic acid groups (broad SMARTS) is 1. The molecule has 0 fully saturated rings. The summed E-state index contributed by atoms with van der Waals surface area (Å²) in [4.78, 5) is 12.4. The van der Waals surface area contributed by atoms with Gasteiger partial charge in [-0.3, -0.25) is 0 Å². The third kappa shape index (κ3) is 4.56. The van der Waals surface area contributed by atoms with Gasteiger partial charge in [0.25, 0.3) is 0 Å². The quantitative estimate of drug-likeness (QED) is 0.328. The predicted molar refractivity (Wildman–Crippen MR) is 130 cm³/mol. The number of rotatable bonds is 8. The topological polar surface area (TPSA) is 63.5 Å². The lowest BCUT2D eigenvalue weighted by Gasteiger charge is -2.11. The van der Waals surface area contributed by atoms with Gasteiger partial charge in [-0.05, 0) is 36.2 Å². The minimum absolute atomic E-state index is 0.299. The Labute approximate surface area is 195 Å². The fourth-order valence-corrected chi connectivity index (χ4v) is 4.38. The number of aryl methyl sites for hydroxylation is 1. The average Bonchev–Trinajstić information content (AvgIpc) is 3.09. The van der Waals surface area contributed by atoms with Crippen LogP contribution in [0.25, 0.3) is 10.9 Å². The molecular weight excluding hydrogens is 468 g/mol. The fourth-order valence-electron chi connectivity index (χ4n) is 3.96. The number of hydrogen-bond acceptors (Lipinski definition) is 3. The van der Waals surface area contributed by atoms with E-state index in [0.29, 0.717) is 31.1 Å². The lowest BCUT2D eigenvalue weighted by atomic mass is 10.1. The summed E-state index contributed by atoms with van der Waals surface area (Å²) in [6.07, 6.45) is 0. The minimum Gasteiger partial charge on any atom is -0.497 e. The van der Waals surface area contributed by atoms with Gasteiger partial charge in [0.1, 0.15) is 11.4 Å². The molecule has 0 bridgehead atoms. The van der Waals surface area contributed by atoms with Crippen molar-refractivity contribution < 1.29 is 14.6 Å². The van der Waals surface area contributed by atoms with Gasteiger partial charge in [0.2, 0.25) is 0 Å². The van der Waals surface area contributed by atoms with E-state index in [9.17, 15) is 9.90 Å². The first-order valence-corrected chi connectivity index (χ1v) is 11.2. The monoisotopic (exact) mass is 492 g/mol. The molecule has 2 N–H and O–H groups in total. The van der Waals surface area contributed by atoms with Crippen molar-refractivity contribution in [3.8, 4) is 5.75 Å². The highest BCUT2D eigenvalue weighted by atomic mass is 79.9. The zero-order valence-electron chi connectivity index (χ0n) is 18.1. The Morgan fingerprint density at radius 2 is 1.81 bits per heavy atom. The number of ether oxygens (including phenoxy) is 1. The maximum absolute atomic E-state index is 12.4. The molecule has 1 heterocycles. The Bertz CT molecular complexity index is 1260. The summed E-state index contributed by atoms with van der Waals surface area (Å²) >= 11 is 3.57. The summed E-state index contributed by atoms with van der Waals surface area (Å²) in [5, 5.41) is 14.5. The molecule has 0 aliphatic heterocycles. The van der Waals surface area contributed by atoms with Crippen molar-refractivity contribution in [1.29, 1.82) is 0 Å². The molecule has 0 amide bonds. The van der Waals surface area contributed by atoms with Crippen LogP contribution in [0.5, 0.6) is 5.75 Å². The highest BCUT2D eigenvalue weighted by molar-refractivity contribution is 9.10. The van der Waals surface area contributed by atoms with Crippen molar-refractivity contribution in [2.75, 3.05) is 7.11 Å². The Morgan fingerprint density at radius 3 is 2.50 bits per heavy atom. The number of halogens is 1. The molecule has 4 aromatic rings. The number of methoxy groups -OCH3 is 1. The molecular formula is C26H25BrN2O3. The van der Waals surface area contributed by atoms with Crippen molar-refractivity contribution >= 4 is 32.8 Å². The van der Waals surface area contributed by atoms with Crippen LogP contribution in [0.2, 0.25) is 0 Å². The number of nitrogens with zero attached hydrogens (tertiary/aromatic N) is 1. The maximum Gasteiger partial charge on any atom is 0.352 e. The first-order chi connectivity index (χ1) is 15.5. The molecule has 0 saturated heterocycles. The Kier molecular flexibility index (Phi) is 6.63. The summed E-state index contributed by atoms with van der Waals surface area (Å²) in [6.45, 7) is 3.57. The molecule has 0 aliphatic rings. The molecule has 0 radical (unpaired) electrons. The number of carbonyl (C=O) groups is 1. The lowest BCUT2D eigenvalue weighted by Crippen LogP contribution is -2.17. The van der Waals surface area contributed by atoms with Crippen LogP contribution in [-0.4, -0.2) is 22.8 Å². The minimum atomic E-state index is -0.940. The third-order valence-corrected chi connectivity index (χ3v) is 6.39. The number of aromatic nitrogens is 1. The molecule has 164 valence electrons. The molecule has 5 nitrogen and oxygen atoms in total. The Morgan fingerprint density at radius 1 is 1.06 bits per heavy atom. The van der Waals surface area contributed by atoms with Crippen LogP contribution in [0.3, 0.4) is 0 Å². The van der Waals surface area contributed by atoms with Crippen molar-refractivity contribution in [2.24, 2.45) is 0 Å². The Hall–Kier alpha value is -3.09. The SMILES string of the molecule is COc1ccc2c(CNCc3ccccc3Br)c(C(=O)O)n(Cc3ccc(C)cc3)c2c1. The third-order valence-electron chi connectivity index (χ3n) is 5.62. The highest BCUT2D eigenvalue weighted by Gasteiger charge is 2.23. The van der Waals surface area contributed by atoms with E-state index in [1.54, 1.807) is 7.11 Å². The molecule has 0 aliphatic carbocycles. The Balaban J connectivity index is 1.75. The zero-order chi connectivity index (χ0) is 22.7. The zero-order valence-corrected chi connectivity index (χ0v) is 19.6. The van der Waals surface area contributed by atoms with Crippen LogP contribution in [0.15, 0.2) is 71.2 Å². The van der Waals surface area contributed by atoms with E-state index in [4.69, 9.17) is 4.74 Å². The van der Waals surface area contributed by atoms with Gasteiger partial charge in [-0.2, -0.15) is 0 Å². The standard InChI is InChI=1S/C26H25BrN2O3/c1-17-7-9-18(10-8-17)16-29-24-13-20(32-2)11-12-21(24)22(25(29)26(30)31)15-28-14-19-5-3-4-6-23(19)27/h3-13,28H,14-16H2,1-2H3,(H,30,31). The molecule has 6 heteroatoms.